The van der Waals surface area contributed by atoms with Crippen molar-refractivity contribution in [1.82, 2.24) is 10.2 Å². The lowest BCUT2D eigenvalue weighted by atomic mass is 10.1. The monoisotopic (exact) mass is 166 g/mol. The van der Waals surface area contributed by atoms with Gasteiger partial charge in [0.25, 0.3) is 0 Å². The molecule has 1 heterocycles. The first-order chi connectivity index (χ1) is 5.75. The van der Waals surface area contributed by atoms with Gasteiger partial charge in [-0.2, -0.15) is 0 Å². The van der Waals surface area contributed by atoms with Crippen LogP contribution in [0.2, 0.25) is 0 Å². The maximum Gasteiger partial charge on any atom is 0.321 e. The summed E-state index contributed by atoms with van der Waals surface area (Å²) in [5, 5.41) is 2.62. The number of nitrogens with zero attached hydrogens (tertiary/aromatic N) is 1. The van der Waals surface area contributed by atoms with Crippen LogP contribution in [-0.2, 0) is 0 Å². The molecule has 0 aliphatic carbocycles. The Bertz CT molecular complexity index is 211. The number of amides is 2. The van der Waals surface area contributed by atoms with Gasteiger partial charge in [0.2, 0.25) is 0 Å². The number of hydrogen-bond donors (Lipinski definition) is 1. The number of allylic oxidation sites excluding steroid dienone is 1. The van der Waals surface area contributed by atoms with Crippen LogP contribution in [0.1, 0.15) is 12.8 Å². The topological polar surface area (TPSA) is 32.3 Å². The van der Waals surface area contributed by atoms with E-state index >= 15 is 0 Å². The maximum absolute atomic E-state index is 11.1. The van der Waals surface area contributed by atoms with E-state index in [-0.39, 0.29) is 12.1 Å². The van der Waals surface area contributed by atoms with Crippen molar-refractivity contribution in [3.8, 4) is 0 Å². The van der Waals surface area contributed by atoms with Crippen molar-refractivity contribution in [2.75, 3.05) is 7.05 Å². The van der Waals surface area contributed by atoms with Crippen molar-refractivity contribution in [2.45, 2.75) is 18.9 Å². The van der Waals surface area contributed by atoms with E-state index in [0.717, 1.165) is 12.8 Å². The predicted molar refractivity (Wildman–Crippen MR) is 48.7 cm³/mol. The zero-order valence-electron chi connectivity index (χ0n) is 7.29. The summed E-state index contributed by atoms with van der Waals surface area (Å²) < 4.78 is 0. The highest BCUT2D eigenvalue weighted by Crippen LogP contribution is 2.10. The zero-order valence-corrected chi connectivity index (χ0v) is 7.29. The van der Waals surface area contributed by atoms with Crippen molar-refractivity contribution in [2.24, 2.45) is 0 Å². The smallest absolute Gasteiger partial charge is 0.321 e. The van der Waals surface area contributed by atoms with Crippen LogP contribution in [0.15, 0.2) is 24.9 Å². The van der Waals surface area contributed by atoms with Gasteiger partial charge in [-0.25, -0.2) is 4.79 Å². The normalized spacial score (nSPS) is 22.2. The minimum absolute atomic E-state index is 0.0356. The number of likely N-dealkylation sites (N-methyl/N-ethyl adjacent to an activating group) is 1. The summed E-state index contributed by atoms with van der Waals surface area (Å²) in [7, 11) is 1.80. The van der Waals surface area contributed by atoms with E-state index in [0.29, 0.717) is 0 Å². The lowest BCUT2D eigenvalue weighted by Gasteiger charge is -2.28. The highest BCUT2D eigenvalue weighted by Gasteiger charge is 2.18. The fraction of sp³-hybridized carbons (Fsp3) is 0.444. The standard InChI is InChI=1S/C9H14N2O/c1-3-4-5-8-6-7-10-9(12)11(8)2/h3,6-8H,1,4-5H2,2H3,(H,10,12). The summed E-state index contributed by atoms with van der Waals surface area (Å²) >= 11 is 0. The predicted octanol–water partition coefficient (Wildman–Crippen LogP) is 1.49. The molecule has 1 aliphatic rings. The number of hydrogen-bond acceptors (Lipinski definition) is 1. The molecule has 1 N–H and O–H groups in total. The molecule has 0 spiro atoms. The molecule has 1 atom stereocenters. The van der Waals surface area contributed by atoms with Gasteiger partial charge in [-0.3, -0.25) is 0 Å². The molecule has 1 rings (SSSR count). The van der Waals surface area contributed by atoms with Crippen molar-refractivity contribution in [1.29, 1.82) is 0 Å². The fourth-order valence-electron chi connectivity index (χ4n) is 1.19. The van der Waals surface area contributed by atoms with Gasteiger partial charge in [0.05, 0.1) is 6.04 Å². The molecular weight excluding hydrogens is 152 g/mol. The van der Waals surface area contributed by atoms with Crippen LogP contribution in [0.3, 0.4) is 0 Å². The molecule has 0 saturated carbocycles. The summed E-state index contributed by atoms with van der Waals surface area (Å²) in [4.78, 5) is 12.8. The molecule has 2 amide bonds. The number of nitrogens with one attached hydrogen (secondary N) is 1. The van der Waals surface area contributed by atoms with E-state index < -0.39 is 0 Å². The molecule has 1 unspecified atom stereocenters. The Morgan fingerprint density at radius 2 is 2.58 bits per heavy atom. The molecule has 0 fully saturated rings. The second kappa shape index (κ2) is 3.95. The molecule has 3 heteroatoms. The Kier molecular flexibility index (Phi) is 2.91. The van der Waals surface area contributed by atoms with Crippen molar-refractivity contribution in [3.63, 3.8) is 0 Å². The summed E-state index contributed by atoms with van der Waals surface area (Å²) in [6.45, 7) is 3.65. The Labute approximate surface area is 72.7 Å². The average molecular weight is 166 g/mol. The molecule has 0 saturated heterocycles. The zero-order chi connectivity index (χ0) is 8.97. The molecule has 0 radical (unpaired) electrons. The van der Waals surface area contributed by atoms with Gasteiger partial charge in [0.15, 0.2) is 0 Å². The third-order valence-corrected chi connectivity index (χ3v) is 2.01. The van der Waals surface area contributed by atoms with E-state index in [4.69, 9.17) is 0 Å². The van der Waals surface area contributed by atoms with Crippen LogP contribution in [0.5, 0.6) is 0 Å². The van der Waals surface area contributed by atoms with Crippen LogP contribution in [0.25, 0.3) is 0 Å². The van der Waals surface area contributed by atoms with E-state index in [1.54, 1.807) is 18.1 Å². The first-order valence-electron chi connectivity index (χ1n) is 4.06. The lowest BCUT2D eigenvalue weighted by molar-refractivity contribution is 0.197. The van der Waals surface area contributed by atoms with Gasteiger partial charge in [-0.05, 0) is 18.9 Å². The SMILES string of the molecule is C=CCCC1C=CNC(=O)N1C. The number of urea groups is 1. The van der Waals surface area contributed by atoms with Gasteiger partial charge in [0, 0.05) is 13.2 Å². The van der Waals surface area contributed by atoms with Gasteiger partial charge in [-0.15, -0.1) is 6.58 Å². The van der Waals surface area contributed by atoms with E-state index in [1.165, 1.54) is 0 Å². The molecule has 1 aliphatic heterocycles. The van der Waals surface area contributed by atoms with Crippen LogP contribution in [0.4, 0.5) is 4.79 Å². The van der Waals surface area contributed by atoms with Crippen LogP contribution >= 0.6 is 0 Å². The summed E-state index contributed by atoms with van der Waals surface area (Å²) in [5.41, 5.74) is 0. The summed E-state index contributed by atoms with van der Waals surface area (Å²) in [6.07, 6.45) is 7.45. The third-order valence-electron chi connectivity index (χ3n) is 2.01. The minimum Gasteiger partial charge on any atom is -0.321 e. The van der Waals surface area contributed by atoms with Crippen LogP contribution in [-0.4, -0.2) is 24.0 Å². The Morgan fingerprint density at radius 1 is 1.83 bits per heavy atom. The minimum atomic E-state index is -0.0356. The van der Waals surface area contributed by atoms with Gasteiger partial charge < -0.3 is 10.2 Å². The largest absolute Gasteiger partial charge is 0.321 e. The van der Waals surface area contributed by atoms with Gasteiger partial charge in [0.1, 0.15) is 0 Å². The molecule has 0 bridgehead atoms. The van der Waals surface area contributed by atoms with Gasteiger partial charge in [-0.1, -0.05) is 6.08 Å². The molecule has 0 aromatic heterocycles. The molecule has 3 nitrogen and oxygen atoms in total. The first kappa shape index (κ1) is 8.84. The Hall–Kier alpha value is -1.25. The Morgan fingerprint density at radius 3 is 3.25 bits per heavy atom. The highest BCUT2D eigenvalue weighted by atomic mass is 16.2. The summed E-state index contributed by atoms with van der Waals surface area (Å²) in [6, 6.07) is 0.184. The van der Waals surface area contributed by atoms with E-state index in [2.05, 4.69) is 11.9 Å². The fourth-order valence-corrected chi connectivity index (χ4v) is 1.19. The quantitative estimate of drug-likeness (QED) is 0.633. The number of carbonyl (C=O) groups is 1. The molecule has 66 valence electrons. The van der Waals surface area contributed by atoms with Crippen LogP contribution < -0.4 is 5.32 Å². The second-order valence-corrected chi connectivity index (χ2v) is 2.85. The Balaban J connectivity index is 2.51. The number of rotatable bonds is 3. The van der Waals surface area contributed by atoms with E-state index in [9.17, 15) is 4.79 Å². The lowest BCUT2D eigenvalue weighted by Crippen LogP contribution is -2.44. The first-order valence-corrected chi connectivity index (χ1v) is 4.06. The number of carbonyl (C=O) groups excluding carboxylic acids is 1. The molecule has 0 aromatic carbocycles. The molecule has 12 heavy (non-hydrogen) atoms. The maximum atomic E-state index is 11.1. The van der Waals surface area contributed by atoms with Crippen molar-refractivity contribution < 1.29 is 4.79 Å². The third kappa shape index (κ3) is 1.87. The summed E-state index contributed by atoms with van der Waals surface area (Å²) in [5.74, 6) is 0. The average Bonchev–Trinajstić information content (AvgIpc) is 2.08. The molecule has 0 aromatic rings. The second-order valence-electron chi connectivity index (χ2n) is 2.85. The van der Waals surface area contributed by atoms with Crippen LogP contribution in [0, 0.1) is 0 Å². The van der Waals surface area contributed by atoms with Gasteiger partial charge >= 0.3 is 6.03 Å². The van der Waals surface area contributed by atoms with Crippen molar-refractivity contribution >= 4 is 6.03 Å². The van der Waals surface area contributed by atoms with E-state index in [1.807, 2.05) is 12.2 Å². The molecular formula is C9H14N2O. The van der Waals surface area contributed by atoms with Crippen molar-refractivity contribution in [3.05, 3.63) is 24.9 Å². The highest BCUT2D eigenvalue weighted by molar-refractivity contribution is 5.76.